The number of imidazole rings is 1. The van der Waals surface area contributed by atoms with Crippen LogP contribution in [0.4, 0.5) is 0 Å². The molecule has 138 valence electrons. The Morgan fingerprint density at radius 2 is 2.08 bits per heavy atom. The minimum atomic E-state index is -3.53. The van der Waals surface area contributed by atoms with Gasteiger partial charge in [-0.15, -0.1) is 0 Å². The molecule has 0 atom stereocenters. The zero-order chi connectivity index (χ0) is 18.9. The van der Waals surface area contributed by atoms with E-state index < -0.39 is 16.0 Å². The maximum Gasteiger partial charge on any atom is 0.339 e. The summed E-state index contributed by atoms with van der Waals surface area (Å²) in [7, 11) is -0.563. The molecule has 0 radical (unpaired) electrons. The molecule has 0 saturated heterocycles. The van der Waals surface area contributed by atoms with Crippen LogP contribution < -0.4 is 0 Å². The topological polar surface area (TPSA) is 81.5 Å². The smallest absolute Gasteiger partial charge is 0.339 e. The van der Waals surface area contributed by atoms with Gasteiger partial charge in [0.2, 0.25) is 10.0 Å². The van der Waals surface area contributed by atoms with Crippen molar-refractivity contribution in [2.24, 2.45) is 0 Å². The Morgan fingerprint density at radius 3 is 2.69 bits per heavy atom. The average molecular weight is 393 g/mol. The van der Waals surface area contributed by atoms with Crippen LogP contribution in [0.1, 0.15) is 23.1 Å². The minimum absolute atomic E-state index is 0.0208. The zero-order valence-corrected chi connectivity index (χ0v) is 16.3. The van der Waals surface area contributed by atoms with E-state index in [-0.39, 0.29) is 11.5 Å². The van der Waals surface area contributed by atoms with Crippen molar-refractivity contribution >= 4 is 38.4 Å². The van der Waals surface area contributed by atoms with Crippen molar-refractivity contribution < 1.29 is 17.9 Å². The largest absolute Gasteiger partial charge is 0.454 e. The Balaban J connectivity index is 1.92. The lowest BCUT2D eigenvalue weighted by atomic mass is 10.3. The van der Waals surface area contributed by atoms with E-state index in [1.807, 2.05) is 16.9 Å². The summed E-state index contributed by atoms with van der Waals surface area (Å²) in [6.07, 6.45) is 0. The zero-order valence-electron chi connectivity index (χ0n) is 14.7. The second-order valence-electron chi connectivity index (χ2n) is 5.80. The van der Waals surface area contributed by atoms with Crippen LogP contribution in [0.5, 0.6) is 0 Å². The number of thiophene rings is 1. The molecule has 0 aliphatic heterocycles. The van der Waals surface area contributed by atoms with Gasteiger partial charge < -0.3 is 9.30 Å². The molecule has 0 fully saturated rings. The van der Waals surface area contributed by atoms with Gasteiger partial charge in [0, 0.05) is 26.0 Å². The molecule has 26 heavy (non-hydrogen) atoms. The van der Waals surface area contributed by atoms with Crippen molar-refractivity contribution in [1.82, 2.24) is 13.9 Å². The van der Waals surface area contributed by atoms with E-state index in [9.17, 15) is 13.2 Å². The number of hydrogen-bond acceptors (Lipinski definition) is 6. The summed E-state index contributed by atoms with van der Waals surface area (Å²) < 4.78 is 33.0. The number of rotatable bonds is 6. The molecule has 0 spiro atoms. The van der Waals surface area contributed by atoms with E-state index in [1.165, 1.54) is 25.4 Å². The maximum absolute atomic E-state index is 12.3. The second-order valence-corrected chi connectivity index (χ2v) is 8.73. The highest BCUT2D eigenvalue weighted by molar-refractivity contribution is 7.89. The number of carbonyl (C=O) groups is 1. The molecule has 0 unspecified atom stereocenters. The van der Waals surface area contributed by atoms with Crippen molar-refractivity contribution in [3.63, 3.8) is 0 Å². The van der Waals surface area contributed by atoms with Gasteiger partial charge in [0.15, 0.2) is 0 Å². The predicted octanol–water partition coefficient (Wildman–Crippen LogP) is 2.73. The fourth-order valence-electron chi connectivity index (χ4n) is 2.59. The van der Waals surface area contributed by atoms with Gasteiger partial charge in [-0.25, -0.2) is 22.5 Å². The van der Waals surface area contributed by atoms with Crippen LogP contribution in [-0.2, 0) is 27.9 Å². The standard InChI is InChI=1S/C17H19N3O4S2/c1-4-20-15-6-5-13(26(22,23)19(2)3)9-14(15)18-16(20)10-24-17(21)12-7-8-25-11-12/h5-9,11H,4,10H2,1-3H3. The summed E-state index contributed by atoms with van der Waals surface area (Å²) in [5.41, 5.74) is 1.86. The summed E-state index contributed by atoms with van der Waals surface area (Å²) >= 11 is 1.42. The summed E-state index contributed by atoms with van der Waals surface area (Å²) in [4.78, 5) is 16.7. The second kappa shape index (κ2) is 7.18. The van der Waals surface area contributed by atoms with Crippen LogP contribution in [0.15, 0.2) is 39.9 Å². The number of sulfonamides is 1. The maximum atomic E-state index is 12.3. The Bertz CT molecular complexity index is 1040. The van der Waals surface area contributed by atoms with Crippen molar-refractivity contribution in [2.75, 3.05) is 14.1 Å². The van der Waals surface area contributed by atoms with E-state index >= 15 is 0 Å². The Labute approximate surface area is 155 Å². The SMILES string of the molecule is CCn1c(COC(=O)c2ccsc2)nc2cc(S(=O)(=O)N(C)C)ccc21. The lowest BCUT2D eigenvalue weighted by molar-refractivity contribution is 0.0459. The molecule has 9 heteroatoms. The molecule has 1 aromatic carbocycles. The van der Waals surface area contributed by atoms with E-state index in [2.05, 4.69) is 4.98 Å². The molecule has 0 aliphatic carbocycles. The molecule has 3 aromatic rings. The van der Waals surface area contributed by atoms with Gasteiger partial charge in [0.1, 0.15) is 12.4 Å². The first-order valence-electron chi connectivity index (χ1n) is 7.95. The number of aromatic nitrogens is 2. The molecular weight excluding hydrogens is 374 g/mol. The number of carbonyl (C=O) groups excluding carboxylic acids is 1. The minimum Gasteiger partial charge on any atom is -0.454 e. The molecule has 3 rings (SSSR count). The molecule has 2 aromatic heterocycles. The van der Waals surface area contributed by atoms with Gasteiger partial charge in [0.25, 0.3) is 0 Å². The lowest BCUT2D eigenvalue weighted by Crippen LogP contribution is -2.22. The summed E-state index contributed by atoms with van der Waals surface area (Å²) in [6, 6.07) is 6.54. The van der Waals surface area contributed by atoms with Crippen LogP contribution >= 0.6 is 11.3 Å². The summed E-state index contributed by atoms with van der Waals surface area (Å²) in [6.45, 7) is 2.60. The predicted molar refractivity (Wildman–Crippen MR) is 99.7 cm³/mol. The number of fused-ring (bicyclic) bond motifs is 1. The highest BCUT2D eigenvalue weighted by atomic mass is 32.2. The van der Waals surface area contributed by atoms with Gasteiger partial charge >= 0.3 is 5.97 Å². The molecule has 0 bridgehead atoms. The van der Waals surface area contributed by atoms with E-state index in [0.717, 1.165) is 9.82 Å². The van der Waals surface area contributed by atoms with Crippen molar-refractivity contribution in [3.05, 3.63) is 46.4 Å². The average Bonchev–Trinajstić information content (AvgIpc) is 3.26. The van der Waals surface area contributed by atoms with Gasteiger partial charge in [-0.3, -0.25) is 0 Å². The van der Waals surface area contributed by atoms with Crippen LogP contribution in [0, 0.1) is 0 Å². The first-order valence-corrected chi connectivity index (χ1v) is 10.3. The molecular formula is C17H19N3O4S2. The fraction of sp³-hybridized carbons (Fsp3) is 0.294. The Kier molecular flexibility index (Phi) is 5.12. The molecule has 0 N–H and O–H groups in total. The molecule has 7 nitrogen and oxygen atoms in total. The van der Waals surface area contributed by atoms with Crippen LogP contribution in [0.3, 0.4) is 0 Å². The highest BCUT2D eigenvalue weighted by Crippen LogP contribution is 2.22. The molecule has 2 heterocycles. The molecule has 0 amide bonds. The number of hydrogen-bond donors (Lipinski definition) is 0. The first kappa shape index (κ1) is 18.6. The van der Waals surface area contributed by atoms with Gasteiger partial charge in [-0.2, -0.15) is 11.3 Å². The molecule has 0 aliphatic rings. The Morgan fingerprint density at radius 1 is 1.31 bits per heavy atom. The summed E-state index contributed by atoms with van der Waals surface area (Å²) in [5.74, 6) is 0.169. The van der Waals surface area contributed by atoms with Crippen molar-refractivity contribution in [2.45, 2.75) is 25.0 Å². The van der Waals surface area contributed by atoms with Crippen molar-refractivity contribution in [1.29, 1.82) is 0 Å². The Hall–Kier alpha value is -2.23. The van der Waals surface area contributed by atoms with Crippen LogP contribution in [0.2, 0.25) is 0 Å². The number of benzene rings is 1. The van der Waals surface area contributed by atoms with Gasteiger partial charge in [-0.05, 0) is 36.6 Å². The third-order valence-corrected chi connectivity index (χ3v) is 6.48. The number of nitrogens with zero attached hydrogens (tertiary/aromatic N) is 3. The third kappa shape index (κ3) is 3.37. The highest BCUT2D eigenvalue weighted by Gasteiger charge is 2.20. The fourth-order valence-corrected chi connectivity index (χ4v) is 4.14. The van der Waals surface area contributed by atoms with Gasteiger partial charge in [0.05, 0.1) is 21.5 Å². The van der Waals surface area contributed by atoms with Crippen molar-refractivity contribution in [3.8, 4) is 0 Å². The molecule has 0 saturated carbocycles. The van der Waals surface area contributed by atoms with Crippen LogP contribution in [-0.4, -0.2) is 42.3 Å². The van der Waals surface area contributed by atoms with Gasteiger partial charge in [-0.1, -0.05) is 0 Å². The number of esters is 1. The normalized spacial score (nSPS) is 12.0. The van der Waals surface area contributed by atoms with E-state index in [0.29, 0.717) is 23.4 Å². The quantitative estimate of drug-likeness (QED) is 0.602. The summed E-state index contributed by atoms with van der Waals surface area (Å²) in [5, 5.41) is 3.54. The van der Waals surface area contributed by atoms with E-state index in [4.69, 9.17) is 4.74 Å². The first-order chi connectivity index (χ1) is 12.3. The monoisotopic (exact) mass is 393 g/mol. The number of ether oxygens (including phenoxy) is 1. The lowest BCUT2D eigenvalue weighted by Gasteiger charge is -2.11. The van der Waals surface area contributed by atoms with Crippen LogP contribution in [0.25, 0.3) is 11.0 Å². The third-order valence-electron chi connectivity index (χ3n) is 3.98. The van der Waals surface area contributed by atoms with E-state index in [1.54, 1.807) is 29.6 Å². The number of aryl methyl sites for hydroxylation is 1.